The Balaban J connectivity index is 0.000000175. The topological polar surface area (TPSA) is 159 Å². The highest BCUT2D eigenvalue weighted by molar-refractivity contribution is 7.88. The first kappa shape index (κ1) is 45.7. The van der Waals surface area contributed by atoms with Crippen LogP contribution in [-0.4, -0.2) is 135 Å². The number of likely N-dealkylation sites (tertiary alicyclic amines) is 2. The SMILES string of the molecule is CCNS(=O)(=O)n1c2c(c3cc(C(=O)N4CCC(C)CC4)ccc31)CN(C)CC2.CCNS(=O)(=O)n1c2c(c3cc(C(=O)N4CCC(C)CC4)ccc31)CN(C1CCOCC1)CC2. The number of aromatic nitrogens is 2. The van der Waals surface area contributed by atoms with Gasteiger partial charge in [-0.3, -0.25) is 14.5 Å². The maximum Gasteiger partial charge on any atom is 0.305 e. The number of likely N-dealkylation sites (N-methyl/N-ethyl adjacent to an activating group) is 1. The molecule has 9 rings (SSSR count). The van der Waals surface area contributed by atoms with E-state index in [1.54, 1.807) is 32.0 Å². The second kappa shape index (κ2) is 18.9. The van der Waals surface area contributed by atoms with Crippen molar-refractivity contribution in [1.29, 1.82) is 0 Å². The van der Waals surface area contributed by atoms with E-state index < -0.39 is 20.4 Å². The molecule has 17 heteroatoms. The van der Waals surface area contributed by atoms with Gasteiger partial charge in [0.1, 0.15) is 0 Å². The molecule has 2 aromatic carbocycles. The Hall–Kier alpha value is -3.84. The molecule has 2 aromatic heterocycles. The van der Waals surface area contributed by atoms with Crippen molar-refractivity contribution in [2.45, 2.75) is 98.2 Å². The largest absolute Gasteiger partial charge is 0.381 e. The van der Waals surface area contributed by atoms with Crippen LogP contribution >= 0.6 is 0 Å². The average molecular weight is 907 g/mol. The summed E-state index contributed by atoms with van der Waals surface area (Å²) in [7, 11) is -5.33. The minimum absolute atomic E-state index is 0.0407. The van der Waals surface area contributed by atoms with Gasteiger partial charge in [-0.2, -0.15) is 26.3 Å². The van der Waals surface area contributed by atoms with E-state index in [1.807, 2.05) is 35.0 Å². The summed E-state index contributed by atoms with van der Waals surface area (Å²) >= 11 is 0. The van der Waals surface area contributed by atoms with Gasteiger partial charge in [0.05, 0.1) is 11.0 Å². The maximum atomic E-state index is 13.3. The molecule has 15 nitrogen and oxygen atoms in total. The number of hydrogen-bond donors (Lipinski definition) is 2. The monoisotopic (exact) mass is 906 g/mol. The summed E-state index contributed by atoms with van der Waals surface area (Å²) in [6, 6.07) is 11.5. The normalized spacial score (nSPS) is 20.1. The molecule has 0 spiro atoms. The number of nitrogens with one attached hydrogen (secondary N) is 2. The Bertz CT molecular complexity index is 2550. The first-order valence-corrected chi connectivity index (χ1v) is 26.0. The molecule has 5 aliphatic rings. The lowest BCUT2D eigenvalue weighted by Gasteiger charge is -2.37. The molecule has 344 valence electrons. The van der Waals surface area contributed by atoms with Crippen molar-refractivity contribution in [3.05, 3.63) is 70.0 Å². The highest BCUT2D eigenvalue weighted by Gasteiger charge is 2.34. The summed E-state index contributed by atoms with van der Waals surface area (Å²) in [4.78, 5) is 34.9. The lowest BCUT2D eigenvalue weighted by molar-refractivity contribution is 0.0290. The van der Waals surface area contributed by atoms with Gasteiger partial charge >= 0.3 is 20.4 Å². The Kier molecular flexibility index (Phi) is 13.7. The van der Waals surface area contributed by atoms with Gasteiger partial charge in [-0.1, -0.05) is 27.7 Å². The molecule has 0 bridgehead atoms. The van der Waals surface area contributed by atoms with E-state index in [1.165, 1.54) is 7.94 Å². The van der Waals surface area contributed by atoms with Crippen molar-refractivity contribution in [2.75, 3.05) is 72.6 Å². The molecular weight excluding hydrogens is 841 g/mol. The van der Waals surface area contributed by atoms with Gasteiger partial charge in [0.15, 0.2) is 0 Å². The van der Waals surface area contributed by atoms with Gasteiger partial charge in [-0.15, -0.1) is 0 Å². The van der Waals surface area contributed by atoms with Crippen LogP contribution in [0.3, 0.4) is 0 Å². The molecule has 0 aliphatic carbocycles. The highest BCUT2D eigenvalue weighted by Crippen LogP contribution is 2.36. The molecule has 0 saturated carbocycles. The van der Waals surface area contributed by atoms with Crippen LogP contribution in [0.2, 0.25) is 0 Å². The third kappa shape index (κ3) is 9.34. The zero-order valence-corrected chi connectivity index (χ0v) is 39.3. The number of piperidine rings is 2. The minimum atomic E-state index is -3.70. The molecule has 2 amide bonds. The smallest absolute Gasteiger partial charge is 0.305 e. The summed E-state index contributed by atoms with van der Waals surface area (Å²) < 4.78 is 66.0. The van der Waals surface area contributed by atoms with Crippen LogP contribution < -0.4 is 9.44 Å². The summed E-state index contributed by atoms with van der Waals surface area (Å²) in [5.41, 5.74) is 6.31. The molecule has 0 radical (unpaired) electrons. The maximum absolute atomic E-state index is 13.3. The fourth-order valence-corrected chi connectivity index (χ4v) is 13.1. The third-order valence-corrected chi connectivity index (χ3v) is 17.0. The van der Waals surface area contributed by atoms with Crippen molar-refractivity contribution in [3.8, 4) is 0 Å². The number of fused-ring (bicyclic) bond motifs is 6. The standard InChI is InChI=1S/C25H36N4O4S.C21H30N4O3S/c1-3-26-34(31,32)29-23-5-4-19(25(30)27-11-6-18(2)7-12-27)16-21(23)22-17-28(13-8-24(22)29)20-9-14-33-15-10-20;1-4-22-29(27,28)25-19-6-5-16(21(26)24-11-7-15(2)8-12-24)13-17(19)18-14-23(3)10-9-20(18)25/h4-5,16,18,20,26H,3,6-15,17H2,1-2H3;5-6,13,15,22H,4,7-12,14H2,1-3H3. The predicted octanol–water partition coefficient (Wildman–Crippen LogP) is 4.96. The number of nitrogens with zero attached hydrogens (tertiary/aromatic N) is 6. The van der Waals surface area contributed by atoms with Crippen molar-refractivity contribution in [3.63, 3.8) is 0 Å². The van der Waals surface area contributed by atoms with Gasteiger partial charge in [-0.25, -0.2) is 7.94 Å². The summed E-state index contributed by atoms with van der Waals surface area (Å²) in [6.45, 7) is 16.4. The van der Waals surface area contributed by atoms with Crippen LogP contribution in [0.1, 0.15) is 109 Å². The lowest BCUT2D eigenvalue weighted by atomic mass is 9.97. The molecule has 5 aliphatic heterocycles. The molecule has 63 heavy (non-hydrogen) atoms. The molecule has 0 unspecified atom stereocenters. The van der Waals surface area contributed by atoms with Gasteiger partial charge < -0.3 is 19.4 Å². The van der Waals surface area contributed by atoms with Crippen molar-refractivity contribution in [1.82, 2.24) is 37.0 Å². The van der Waals surface area contributed by atoms with E-state index in [2.05, 4.69) is 33.1 Å². The zero-order chi connectivity index (χ0) is 44.6. The first-order valence-electron chi connectivity index (χ1n) is 23.1. The fraction of sp³-hybridized carbons (Fsp3) is 0.609. The third-order valence-electron chi connectivity index (χ3n) is 13.9. The lowest BCUT2D eigenvalue weighted by Crippen LogP contribution is -2.43. The Morgan fingerprint density at radius 1 is 0.635 bits per heavy atom. The van der Waals surface area contributed by atoms with E-state index in [4.69, 9.17) is 4.74 Å². The fourth-order valence-electron chi connectivity index (χ4n) is 10.3. The van der Waals surface area contributed by atoms with Crippen LogP contribution in [0.5, 0.6) is 0 Å². The van der Waals surface area contributed by atoms with E-state index in [9.17, 15) is 26.4 Å². The Labute approximate surface area is 373 Å². The van der Waals surface area contributed by atoms with Gasteiger partial charge in [0.2, 0.25) is 0 Å². The minimum Gasteiger partial charge on any atom is -0.381 e. The molecule has 7 heterocycles. The quantitative estimate of drug-likeness (QED) is 0.237. The van der Waals surface area contributed by atoms with Crippen molar-refractivity contribution in [2.24, 2.45) is 11.8 Å². The number of carbonyl (C=O) groups excluding carboxylic acids is 2. The second-order valence-corrected chi connectivity index (χ2v) is 21.6. The van der Waals surface area contributed by atoms with Crippen LogP contribution in [-0.2, 0) is 51.1 Å². The summed E-state index contributed by atoms with van der Waals surface area (Å²) in [5, 5.41) is 1.74. The Morgan fingerprint density at radius 3 is 1.54 bits per heavy atom. The van der Waals surface area contributed by atoms with Crippen LogP contribution in [0.4, 0.5) is 0 Å². The summed E-state index contributed by atoms with van der Waals surface area (Å²) in [6.07, 6.45) is 7.46. The van der Waals surface area contributed by atoms with Crippen LogP contribution in [0.15, 0.2) is 36.4 Å². The van der Waals surface area contributed by atoms with E-state index in [0.29, 0.717) is 79.1 Å². The molecule has 4 aromatic rings. The van der Waals surface area contributed by atoms with E-state index in [0.717, 1.165) is 124 Å². The van der Waals surface area contributed by atoms with E-state index >= 15 is 0 Å². The number of carbonyl (C=O) groups is 2. The average Bonchev–Trinajstić information content (AvgIpc) is 3.79. The molecule has 3 fully saturated rings. The van der Waals surface area contributed by atoms with Crippen molar-refractivity contribution >= 4 is 54.0 Å². The zero-order valence-electron chi connectivity index (χ0n) is 37.7. The second-order valence-electron chi connectivity index (χ2n) is 18.4. The number of rotatable bonds is 9. The Morgan fingerprint density at radius 2 is 1.08 bits per heavy atom. The molecule has 0 atom stereocenters. The first-order chi connectivity index (χ1) is 30.2. The van der Waals surface area contributed by atoms with Gasteiger partial charge in [0.25, 0.3) is 11.8 Å². The van der Waals surface area contributed by atoms with Gasteiger partial charge in [0, 0.05) is 131 Å². The number of amides is 2. The number of benzene rings is 2. The predicted molar refractivity (Wildman–Crippen MR) is 246 cm³/mol. The van der Waals surface area contributed by atoms with Gasteiger partial charge in [-0.05, 0) is 105 Å². The summed E-state index contributed by atoms with van der Waals surface area (Å²) in [5.74, 6) is 1.40. The molecule has 3 saturated heterocycles. The van der Waals surface area contributed by atoms with E-state index in [-0.39, 0.29) is 11.8 Å². The van der Waals surface area contributed by atoms with Crippen molar-refractivity contribution < 1.29 is 31.2 Å². The number of ether oxygens (including phenoxy) is 1. The number of hydrogen-bond acceptors (Lipinski definition) is 9. The molecule has 2 N–H and O–H groups in total. The highest BCUT2D eigenvalue weighted by atomic mass is 32.2. The van der Waals surface area contributed by atoms with Crippen LogP contribution in [0.25, 0.3) is 21.8 Å². The molecular formula is C46H66N8O7S2. The van der Waals surface area contributed by atoms with Crippen LogP contribution in [0, 0.1) is 11.8 Å².